The second-order valence-corrected chi connectivity index (χ2v) is 10.5. The summed E-state index contributed by atoms with van der Waals surface area (Å²) in [5.74, 6) is -1.56. The van der Waals surface area contributed by atoms with Crippen LogP contribution in [0.15, 0.2) is 71.7 Å². The van der Waals surface area contributed by atoms with E-state index in [1.54, 1.807) is 24.4 Å². The number of amides is 2. The van der Waals surface area contributed by atoms with Crippen molar-refractivity contribution < 1.29 is 23.8 Å². The summed E-state index contributed by atoms with van der Waals surface area (Å²) in [7, 11) is 0. The highest BCUT2D eigenvalue weighted by Crippen LogP contribution is 2.26. The van der Waals surface area contributed by atoms with Gasteiger partial charge >= 0.3 is 6.09 Å². The van der Waals surface area contributed by atoms with Crippen LogP contribution in [0.3, 0.4) is 0 Å². The number of benzene rings is 2. The molecule has 10 nitrogen and oxygen atoms in total. The molecule has 0 unspecified atom stereocenters. The van der Waals surface area contributed by atoms with Crippen molar-refractivity contribution in [3.8, 4) is 5.75 Å². The second kappa shape index (κ2) is 15.6. The third-order valence-corrected chi connectivity index (χ3v) is 7.16. The number of fused-ring (bicyclic) bond motifs is 1. The van der Waals surface area contributed by atoms with E-state index in [4.69, 9.17) is 10.5 Å². The van der Waals surface area contributed by atoms with Crippen molar-refractivity contribution in [1.82, 2.24) is 19.8 Å². The van der Waals surface area contributed by atoms with E-state index in [0.29, 0.717) is 56.4 Å². The van der Waals surface area contributed by atoms with Gasteiger partial charge in [0.2, 0.25) is 0 Å². The van der Waals surface area contributed by atoms with E-state index in [1.165, 1.54) is 21.6 Å². The quantitative estimate of drug-likeness (QED) is 0.182. The number of unbranched alkanes of at least 4 members (excludes halogenated alkanes) is 1. The molecule has 0 bridgehead atoms. The maximum Gasteiger partial charge on any atom is 0.410 e. The summed E-state index contributed by atoms with van der Waals surface area (Å²) in [6, 6.07) is 17.1. The molecule has 2 aromatic heterocycles. The molecule has 0 saturated carbocycles. The smallest absolute Gasteiger partial charge is 0.410 e. The predicted molar refractivity (Wildman–Crippen MR) is 166 cm³/mol. The third-order valence-electron chi connectivity index (χ3n) is 7.16. The number of pyridine rings is 2. The second-order valence-electron chi connectivity index (χ2n) is 10.5. The first-order chi connectivity index (χ1) is 21.3. The Morgan fingerprint density at radius 2 is 1.80 bits per heavy atom. The first-order valence-corrected chi connectivity index (χ1v) is 14.7. The zero-order valence-electron chi connectivity index (χ0n) is 24.8. The standard InChI is InChI=1S/C33H38FN5O5/c1-2-15-36-31(41)28-30(40)29-27(20-25(21-37-29)19-23-10-12-26(34)13-11-23)39(32(28)42)18-17-38(16-7-6-14-35)33(43)44-22-24-8-4-3-5-9-24/h3-5,8-13,20-21,40H,2,6-7,14-19,22,35H2,1H3,(H,36,41). The third kappa shape index (κ3) is 8.19. The SMILES string of the molecule is CCCNC(=O)c1c(O)c2ncc(Cc3ccc(F)cc3)cc2n(CCN(CCCCN)C(=O)OCc2ccccc2)c1=O. The summed E-state index contributed by atoms with van der Waals surface area (Å²) < 4.78 is 20.4. The molecule has 44 heavy (non-hydrogen) atoms. The number of carbonyl (C=O) groups excluding carboxylic acids is 2. The summed E-state index contributed by atoms with van der Waals surface area (Å²) in [4.78, 5) is 45.9. The van der Waals surface area contributed by atoms with Crippen molar-refractivity contribution in [2.24, 2.45) is 5.73 Å². The minimum absolute atomic E-state index is 0.00835. The number of nitrogens with two attached hydrogens (primary N) is 1. The van der Waals surface area contributed by atoms with Crippen molar-refractivity contribution in [2.75, 3.05) is 26.2 Å². The van der Waals surface area contributed by atoms with Gasteiger partial charge in [0.25, 0.3) is 11.5 Å². The molecule has 232 valence electrons. The average Bonchev–Trinajstić information content (AvgIpc) is 3.03. The predicted octanol–water partition coefficient (Wildman–Crippen LogP) is 4.35. The van der Waals surface area contributed by atoms with Gasteiger partial charge in [-0.3, -0.25) is 14.6 Å². The zero-order chi connectivity index (χ0) is 31.5. The number of aromatic hydroxyl groups is 1. The Bertz CT molecular complexity index is 1630. The number of nitrogens with one attached hydrogen (secondary N) is 1. The van der Waals surface area contributed by atoms with Crippen LogP contribution in [0.5, 0.6) is 5.75 Å². The van der Waals surface area contributed by atoms with Gasteiger partial charge in [0.05, 0.1) is 5.52 Å². The molecule has 0 radical (unpaired) electrons. The van der Waals surface area contributed by atoms with E-state index in [9.17, 15) is 23.9 Å². The van der Waals surface area contributed by atoms with Crippen molar-refractivity contribution in [3.05, 3.63) is 105 Å². The Morgan fingerprint density at radius 3 is 2.50 bits per heavy atom. The highest BCUT2D eigenvalue weighted by atomic mass is 19.1. The summed E-state index contributed by atoms with van der Waals surface area (Å²) in [5.41, 5.74) is 7.32. The van der Waals surface area contributed by atoms with E-state index in [2.05, 4.69) is 10.3 Å². The fourth-order valence-electron chi connectivity index (χ4n) is 4.81. The molecule has 4 rings (SSSR count). The molecule has 0 aliphatic heterocycles. The van der Waals surface area contributed by atoms with Crippen LogP contribution in [0, 0.1) is 5.82 Å². The van der Waals surface area contributed by atoms with Crippen molar-refractivity contribution in [1.29, 1.82) is 0 Å². The lowest BCUT2D eigenvalue weighted by atomic mass is 10.1. The van der Waals surface area contributed by atoms with Crippen molar-refractivity contribution in [3.63, 3.8) is 0 Å². The largest absolute Gasteiger partial charge is 0.505 e. The number of carbonyl (C=O) groups is 2. The lowest BCUT2D eigenvalue weighted by Crippen LogP contribution is -2.39. The minimum atomic E-state index is -0.705. The molecule has 2 aromatic carbocycles. The molecule has 2 amide bonds. The number of nitrogens with zero attached hydrogens (tertiary/aromatic N) is 3. The van der Waals surface area contributed by atoms with Crippen LogP contribution in [0.25, 0.3) is 11.0 Å². The number of hydrogen-bond acceptors (Lipinski definition) is 7. The number of rotatable bonds is 14. The van der Waals surface area contributed by atoms with Crippen LogP contribution in [-0.2, 0) is 24.3 Å². The van der Waals surface area contributed by atoms with Crippen LogP contribution >= 0.6 is 0 Å². The van der Waals surface area contributed by atoms with Crippen LogP contribution in [-0.4, -0.2) is 57.7 Å². The number of halogens is 1. The topological polar surface area (TPSA) is 140 Å². The van der Waals surface area contributed by atoms with Gasteiger partial charge in [0.1, 0.15) is 23.5 Å². The van der Waals surface area contributed by atoms with Crippen LogP contribution < -0.4 is 16.6 Å². The molecule has 2 heterocycles. The molecule has 0 aliphatic rings. The summed E-state index contributed by atoms with van der Waals surface area (Å²) in [6.45, 7) is 3.21. The van der Waals surface area contributed by atoms with Crippen LogP contribution in [0.1, 0.15) is 53.2 Å². The van der Waals surface area contributed by atoms with E-state index in [0.717, 1.165) is 11.1 Å². The molecule has 0 spiro atoms. The van der Waals surface area contributed by atoms with E-state index < -0.39 is 28.9 Å². The van der Waals surface area contributed by atoms with Gasteiger partial charge < -0.3 is 30.4 Å². The number of hydrogen-bond donors (Lipinski definition) is 3. The fraction of sp³-hybridized carbons (Fsp3) is 0.333. The first kappa shape index (κ1) is 32.2. The van der Waals surface area contributed by atoms with Crippen LogP contribution in [0.4, 0.5) is 9.18 Å². The molecule has 0 atom stereocenters. The maximum atomic E-state index is 13.8. The lowest BCUT2D eigenvalue weighted by molar-refractivity contribution is 0.0930. The molecule has 4 aromatic rings. The van der Waals surface area contributed by atoms with E-state index >= 15 is 0 Å². The van der Waals surface area contributed by atoms with Gasteiger partial charge in [0, 0.05) is 32.4 Å². The van der Waals surface area contributed by atoms with Crippen molar-refractivity contribution in [2.45, 2.75) is 45.8 Å². The summed E-state index contributed by atoms with van der Waals surface area (Å²) >= 11 is 0. The van der Waals surface area contributed by atoms with Gasteiger partial charge in [0.15, 0.2) is 5.75 Å². The molecular formula is C33H38FN5O5. The van der Waals surface area contributed by atoms with Gasteiger partial charge in [-0.25, -0.2) is 9.18 Å². The molecule has 11 heteroatoms. The number of aromatic nitrogens is 2. The van der Waals surface area contributed by atoms with Gasteiger partial charge in [-0.15, -0.1) is 0 Å². The monoisotopic (exact) mass is 603 g/mol. The Labute approximate surface area is 255 Å². The molecule has 0 fully saturated rings. The van der Waals surface area contributed by atoms with E-state index in [-0.39, 0.29) is 31.0 Å². The molecule has 0 saturated heterocycles. The maximum absolute atomic E-state index is 13.8. The van der Waals surface area contributed by atoms with Gasteiger partial charge in [-0.05, 0) is 67.1 Å². The van der Waals surface area contributed by atoms with E-state index in [1.807, 2.05) is 37.3 Å². The Balaban J connectivity index is 1.68. The molecule has 4 N–H and O–H groups in total. The van der Waals surface area contributed by atoms with Crippen molar-refractivity contribution >= 4 is 23.0 Å². The first-order valence-electron chi connectivity index (χ1n) is 14.7. The highest BCUT2D eigenvalue weighted by Gasteiger charge is 2.24. The Morgan fingerprint density at radius 1 is 1.05 bits per heavy atom. The minimum Gasteiger partial charge on any atom is -0.505 e. The van der Waals surface area contributed by atoms with Crippen LogP contribution in [0.2, 0.25) is 0 Å². The number of ether oxygens (including phenoxy) is 1. The molecule has 0 aliphatic carbocycles. The Kier molecular flexibility index (Phi) is 11.4. The normalized spacial score (nSPS) is 11.0. The van der Waals surface area contributed by atoms with Gasteiger partial charge in [-0.1, -0.05) is 49.4 Å². The van der Waals surface area contributed by atoms with Gasteiger partial charge in [-0.2, -0.15) is 0 Å². The summed E-state index contributed by atoms with van der Waals surface area (Å²) in [5, 5.41) is 13.7. The average molecular weight is 604 g/mol. The summed E-state index contributed by atoms with van der Waals surface area (Å²) in [6.07, 6.45) is 3.38. The fourth-order valence-corrected chi connectivity index (χ4v) is 4.81. The molecular weight excluding hydrogens is 565 g/mol. The highest BCUT2D eigenvalue weighted by molar-refractivity contribution is 6.01. The Hall–Kier alpha value is -4.77. The zero-order valence-corrected chi connectivity index (χ0v) is 24.8. The lowest BCUT2D eigenvalue weighted by Gasteiger charge is -2.23.